The third kappa shape index (κ3) is 8.98. The van der Waals surface area contributed by atoms with Gasteiger partial charge in [0.2, 0.25) is 5.91 Å². The van der Waals surface area contributed by atoms with E-state index in [1.165, 1.54) is 0 Å². The van der Waals surface area contributed by atoms with E-state index in [0.717, 1.165) is 43.4 Å². The van der Waals surface area contributed by atoms with Gasteiger partial charge in [0.15, 0.2) is 0 Å². The maximum absolute atomic E-state index is 11.7. The van der Waals surface area contributed by atoms with Crippen LogP contribution in [0.15, 0.2) is 36.4 Å². The summed E-state index contributed by atoms with van der Waals surface area (Å²) in [6, 6.07) is 7.69. The van der Waals surface area contributed by atoms with Crippen LogP contribution in [0.5, 0.6) is 0 Å². The van der Waals surface area contributed by atoms with Crippen molar-refractivity contribution in [3.8, 4) is 0 Å². The van der Waals surface area contributed by atoms with Crippen LogP contribution >= 0.6 is 0 Å². The molecule has 0 unspecified atom stereocenters. The fraction of sp³-hybridized carbons (Fsp3) is 0.474. The monoisotopic (exact) mass is 332 g/mol. The molecule has 0 heterocycles. The molecule has 1 rings (SSSR count). The van der Waals surface area contributed by atoms with Gasteiger partial charge in [-0.1, -0.05) is 31.6 Å². The van der Waals surface area contributed by atoms with E-state index in [2.05, 4.69) is 11.9 Å². The average molecular weight is 332 g/mol. The number of anilines is 1. The maximum Gasteiger partial charge on any atom is 0.333 e. The van der Waals surface area contributed by atoms with Gasteiger partial charge < -0.3 is 15.8 Å². The topological polar surface area (TPSA) is 81.4 Å². The van der Waals surface area contributed by atoms with Gasteiger partial charge in [0, 0.05) is 24.2 Å². The highest BCUT2D eigenvalue weighted by atomic mass is 16.5. The number of carbonyl (C=O) groups is 2. The Morgan fingerprint density at radius 1 is 1.21 bits per heavy atom. The smallest absolute Gasteiger partial charge is 0.333 e. The van der Waals surface area contributed by atoms with Crippen molar-refractivity contribution in [2.45, 2.75) is 45.4 Å². The fourth-order valence-electron chi connectivity index (χ4n) is 2.21. The maximum atomic E-state index is 11.7. The summed E-state index contributed by atoms with van der Waals surface area (Å²) >= 11 is 0. The Labute approximate surface area is 144 Å². The number of nitrogens with two attached hydrogens (primary N) is 1. The summed E-state index contributed by atoms with van der Waals surface area (Å²) in [7, 11) is 0. The second kappa shape index (κ2) is 11.3. The van der Waals surface area contributed by atoms with E-state index in [1.807, 2.05) is 24.3 Å². The Balaban J connectivity index is 1.98. The van der Waals surface area contributed by atoms with Crippen molar-refractivity contribution in [2.75, 3.05) is 18.9 Å². The molecule has 1 aromatic rings. The zero-order chi connectivity index (χ0) is 17.8. The Bertz CT molecular complexity index is 555. The summed E-state index contributed by atoms with van der Waals surface area (Å²) < 4.78 is 5.01. The van der Waals surface area contributed by atoms with Crippen LogP contribution in [0.25, 0.3) is 0 Å². The molecule has 0 atom stereocenters. The zero-order valence-electron chi connectivity index (χ0n) is 14.5. The molecule has 0 fully saturated rings. The van der Waals surface area contributed by atoms with Crippen molar-refractivity contribution in [2.24, 2.45) is 0 Å². The minimum absolute atomic E-state index is 0.0765. The van der Waals surface area contributed by atoms with Crippen molar-refractivity contribution in [1.82, 2.24) is 5.32 Å². The molecule has 5 nitrogen and oxygen atoms in total. The van der Waals surface area contributed by atoms with E-state index in [4.69, 9.17) is 10.5 Å². The van der Waals surface area contributed by atoms with Gasteiger partial charge in [0.25, 0.3) is 0 Å². The molecule has 0 aliphatic rings. The van der Waals surface area contributed by atoms with Gasteiger partial charge in [-0.3, -0.25) is 4.79 Å². The van der Waals surface area contributed by atoms with E-state index in [9.17, 15) is 9.59 Å². The lowest BCUT2D eigenvalue weighted by Gasteiger charge is -2.06. The molecule has 0 bridgehead atoms. The zero-order valence-corrected chi connectivity index (χ0v) is 14.5. The van der Waals surface area contributed by atoms with Gasteiger partial charge in [-0.05, 0) is 43.9 Å². The van der Waals surface area contributed by atoms with Crippen LogP contribution in [0.1, 0.15) is 44.6 Å². The second-order valence-electron chi connectivity index (χ2n) is 5.93. The summed E-state index contributed by atoms with van der Waals surface area (Å²) in [5, 5.41) is 2.92. The summed E-state index contributed by atoms with van der Waals surface area (Å²) in [5.74, 6) is -0.262. The quantitative estimate of drug-likeness (QED) is 0.282. The molecule has 0 aliphatic heterocycles. The molecule has 0 saturated carbocycles. The minimum Gasteiger partial charge on any atom is -0.462 e. The molecular weight excluding hydrogens is 304 g/mol. The average Bonchev–Trinajstić information content (AvgIpc) is 2.53. The van der Waals surface area contributed by atoms with Crippen LogP contribution in [0.2, 0.25) is 0 Å². The first-order valence-corrected chi connectivity index (χ1v) is 8.43. The fourth-order valence-corrected chi connectivity index (χ4v) is 2.21. The van der Waals surface area contributed by atoms with Crippen molar-refractivity contribution < 1.29 is 14.3 Å². The van der Waals surface area contributed by atoms with Crippen molar-refractivity contribution in [1.29, 1.82) is 0 Å². The van der Waals surface area contributed by atoms with E-state index < -0.39 is 0 Å². The number of benzene rings is 1. The van der Waals surface area contributed by atoms with Crippen LogP contribution in [0.4, 0.5) is 5.69 Å². The van der Waals surface area contributed by atoms with Crippen molar-refractivity contribution >= 4 is 17.6 Å². The van der Waals surface area contributed by atoms with Crippen LogP contribution in [-0.2, 0) is 20.7 Å². The Kier molecular flexibility index (Phi) is 9.27. The standard InChI is InChI=1S/C19H28N2O3/c1-15(2)19(23)24-13-6-4-3-5-10-18(22)21-12-11-16-8-7-9-17(20)14-16/h7-9,14H,1,3-6,10-13,20H2,2H3,(H,21,22). The highest BCUT2D eigenvalue weighted by molar-refractivity contribution is 5.86. The summed E-state index contributed by atoms with van der Waals surface area (Å²) in [6.07, 6.45) is 4.87. The Morgan fingerprint density at radius 3 is 2.67 bits per heavy atom. The first kappa shape index (κ1) is 19.7. The normalized spacial score (nSPS) is 10.2. The predicted octanol–water partition coefficient (Wildman–Crippen LogP) is 3.00. The van der Waals surface area contributed by atoms with Gasteiger partial charge in [-0.25, -0.2) is 4.79 Å². The van der Waals surface area contributed by atoms with E-state index in [0.29, 0.717) is 25.1 Å². The van der Waals surface area contributed by atoms with Crippen LogP contribution < -0.4 is 11.1 Å². The minimum atomic E-state index is -0.338. The number of unbranched alkanes of at least 4 members (excludes halogenated alkanes) is 3. The predicted molar refractivity (Wildman–Crippen MR) is 96.4 cm³/mol. The van der Waals surface area contributed by atoms with E-state index in [1.54, 1.807) is 6.92 Å². The Hall–Kier alpha value is -2.30. The number of rotatable bonds is 11. The Morgan fingerprint density at radius 2 is 1.96 bits per heavy atom. The van der Waals surface area contributed by atoms with Gasteiger partial charge in [0.1, 0.15) is 0 Å². The van der Waals surface area contributed by atoms with Gasteiger partial charge in [0.05, 0.1) is 6.61 Å². The lowest BCUT2D eigenvalue weighted by Crippen LogP contribution is -2.25. The lowest BCUT2D eigenvalue weighted by molar-refractivity contribution is -0.139. The van der Waals surface area contributed by atoms with Crippen LogP contribution in [0, 0.1) is 0 Å². The largest absolute Gasteiger partial charge is 0.462 e. The van der Waals surface area contributed by atoms with E-state index >= 15 is 0 Å². The molecule has 132 valence electrons. The molecule has 0 spiro atoms. The van der Waals surface area contributed by atoms with Gasteiger partial charge in [-0.15, -0.1) is 0 Å². The highest BCUT2D eigenvalue weighted by Crippen LogP contribution is 2.07. The molecule has 24 heavy (non-hydrogen) atoms. The van der Waals surface area contributed by atoms with Gasteiger partial charge in [-0.2, -0.15) is 0 Å². The second-order valence-corrected chi connectivity index (χ2v) is 5.93. The van der Waals surface area contributed by atoms with Gasteiger partial charge >= 0.3 is 5.97 Å². The van der Waals surface area contributed by atoms with Crippen LogP contribution in [0.3, 0.4) is 0 Å². The molecule has 1 aromatic carbocycles. The number of hydrogen-bond donors (Lipinski definition) is 2. The summed E-state index contributed by atoms with van der Waals surface area (Å²) in [6.45, 7) is 6.20. The number of nitrogens with one attached hydrogen (secondary N) is 1. The first-order valence-electron chi connectivity index (χ1n) is 8.43. The molecule has 3 N–H and O–H groups in total. The third-order valence-corrected chi connectivity index (χ3v) is 3.57. The molecule has 0 aliphatic carbocycles. The molecule has 5 heteroatoms. The summed E-state index contributed by atoms with van der Waals surface area (Å²) in [4.78, 5) is 22.9. The third-order valence-electron chi connectivity index (χ3n) is 3.57. The number of hydrogen-bond acceptors (Lipinski definition) is 4. The number of nitrogen functional groups attached to an aromatic ring is 1. The lowest BCUT2D eigenvalue weighted by atomic mass is 10.1. The number of carbonyl (C=O) groups excluding carboxylic acids is 2. The molecule has 0 radical (unpaired) electrons. The number of esters is 1. The summed E-state index contributed by atoms with van der Waals surface area (Å²) in [5.41, 5.74) is 8.01. The van der Waals surface area contributed by atoms with Crippen LogP contribution in [-0.4, -0.2) is 25.0 Å². The molecular formula is C19H28N2O3. The molecule has 1 amide bonds. The number of ether oxygens (including phenoxy) is 1. The SMILES string of the molecule is C=C(C)C(=O)OCCCCCCC(=O)NCCc1cccc(N)c1. The first-order chi connectivity index (χ1) is 11.5. The highest BCUT2D eigenvalue weighted by Gasteiger charge is 2.03. The van der Waals surface area contributed by atoms with E-state index in [-0.39, 0.29) is 11.9 Å². The van der Waals surface area contributed by atoms with Crippen molar-refractivity contribution in [3.63, 3.8) is 0 Å². The number of amides is 1. The van der Waals surface area contributed by atoms with Crippen molar-refractivity contribution in [3.05, 3.63) is 42.0 Å². The molecule has 0 saturated heterocycles. The molecule has 0 aromatic heterocycles.